The molecule has 1 aliphatic heterocycles. The molecule has 1 fully saturated rings. The summed E-state index contributed by atoms with van der Waals surface area (Å²) >= 11 is 0. The summed E-state index contributed by atoms with van der Waals surface area (Å²) in [6, 6.07) is 18.9. The number of piperazine rings is 1. The van der Waals surface area contributed by atoms with E-state index in [2.05, 4.69) is 43.1 Å². The fourth-order valence-electron chi connectivity index (χ4n) is 4.73. The molecular weight excluding hydrogens is 372 g/mol. The number of fused-ring (bicyclic) bond motifs is 1. The van der Waals surface area contributed by atoms with Crippen molar-refractivity contribution in [2.45, 2.75) is 58.3 Å². The minimum Gasteiger partial charge on any atom is -0.309 e. The molecule has 1 aliphatic rings. The van der Waals surface area contributed by atoms with Crippen LogP contribution in [0.25, 0.3) is 10.9 Å². The Balaban J connectivity index is 1.85. The van der Waals surface area contributed by atoms with Gasteiger partial charge in [0.15, 0.2) is 0 Å². The largest absolute Gasteiger partial charge is 0.309 e. The number of rotatable bonds is 6. The van der Waals surface area contributed by atoms with Crippen LogP contribution in [-0.2, 0) is 6.54 Å². The lowest BCUT2D eigenvalue weighted by atomic mass is 10.0. The number of nitrogens with zero attached hydrogens (tertiary/aromatic N) is 3. The van der Waals surface area contributed by atoms with Crippen molar-refractivity contribution in [3.05, 3.63) is 76.3 Å². The van der Waals surface area contributed by atoms with E-state index in [1.807, 2.05) is 47.0 Å². The zero-order valence-corrected chi connectivity index (χ0v) is 18.2. The number of para-hydroxylation sites is 1. The van der Waals surface area contributed by atoms with E-state index in [1.54, 1.807) is 0 Å². The predicted octanol–water partition coefficient (Wildman–Crippen LogP) is 3.97. The zero-order valence-electron chi connectivity index (χ0n) is 18.2. The Labute approximate surface area is 178 Å². The number of hydrogen-bond acceptors (Lipinski definition) is 4. The van der Waals surface area contributed by atoms with Gasteiger partial charge in [0, 0.05) is 25.2 Å². The van der Waals surface area contributed by atoms with Gasteiger partial charge in [0.2, 0.25) is 0 Å². The molecule has 0 radical (unpaired) electrons. The highest BCUT2D eigenvalue weighted by Gasteiger charge is 2.30. The molecule has 1 aromatic heterocycles. The highest BCUT2D eigenvalue weighted by Crippen LogP contribution is 2.27. The van der Waals surface area contributed by atoms with E-state index in [4.69, 9.17) is 4.98 Å². The first-order chi connectivity index (χ1) is 14.6. The maximum absolute atomic E-state index is 13.6. The van der Waals surface area contributed by atoms with Crippen LogP contribution in [0, 0.1) is 0 Å². The molecule has 30 heavy (non-hydrogen) atoms. The van der Waals surface area contributed by atoms with E-state index in [1.165, 1.54) is 0 Å². The van der Waals surface area contributed by atoms with Crippen LogP contribution in [0.5, 0.6) is 0 Å². The molecule has 0 bridgehead atoms. The third kappa shape index (κ3) is 4.32. The molecule has 1 saturated heterocycles. The second-order valence-electron chi connectivity index (χ2n) is 8.59. The molecule has 1 N–H and O–H groups in total. The summed E-state index contributed by atoms with van der Waals surface area (Å²) in [5, 5.41) is 4.31. The lowest BCUT2D eigenvalue weighted by molar-refractivity contribution is 0.109. The Hall–Kier alpha value is -2.50. The van der Waals surface area contributed by atoms with Gasteiger partial charge in [-0.05, 0) is 38.0 Å². The summed E-state index contributed by atoms with van der Waals surface area (Å²) < 4.78 is 1.91. The quantitative estimate of drug-likeness (QED) is 0.675. The van der Waals surface area contributed by atoms with Gasteiger partial charge < -0.3 is 5.32 Å². The molecule has 158 valence electrons. The SMILES string of the molecule is CCCC(c1nc2ccccc2c(=O)n1Cc1ccccc1)N1C[C@@H](C)N[C@@H](C)C1. The lowest BCUT2D eigenvalue weighted by Gasteiger charge is -2.41. The van der Waals surface area contributed by atoms with Gasteiger partial charge in [-0.15, -0.1) is 0 Å². The third-order valence-electron chi connectivity index (χ3n) is 5.96. The van der Waals surface area contributed by atoms with Crippen molar-refractivity contribution in [2.75, 3.05) is 13.1 Å². The molecule has 2 aromatic carbocycles. The molecule has 5 nitrogen and oxygen atoms in total. The van der Waals surface area contributed by atoms with Crippen LogP contribution in [0.4, 0.5) is 0 Å². The van der Waals surface area contributed by atoms with E-state index in [0.29, 0.717) is 24.0 Å². The molecule has 3 atom stereocenters. The summed E-state index contributed by atoms with van der Waals surface area (Å²) in [4.78, 5) is 21.2. The van der Waals surface area contributed by atoms with Crippen molar-refractivity contribution in [3.63, 3.8) is 0 Å². The Morgan fingerprint density at radius 2 is 1.70 bits per heavy atom. The fourth-order valence-corrected chi connectivity index (χ4v) is 4.73. The van der Waals surface area contributed by atoms with Gasteiger partial charge in [-0.2, -0.15) is 0 Å². The lowest BCUT2D eigenvalue weighted by Crippen LogP contribution is -2.55. The second-order valence-corrected chi connectivity index (χ2v) is 8.59. The maximum atomic E-state index is 13.6. The first kappa shape index (κ1) is 20.8. The predicted molar refractivity (Wildman–Crippen MR) is 123 cm³/mol. The van der Waals surface area contributed by atoms with Crippen LogP contribution >= 0.6 is 0 Å². The van der Waals surface area contributed by atoms with Crippen LogP contribution < -0.4 is 10.9 Å². The number of benzene rings is 2. The molecule has 0 aliphatic carbocycles. The van der Waals surface area contributed by atoms with Gasteiger partial charge in [-0.1, -0.05) is 55.8 Å². The maximum Gasteiger partial charge on any atom is 0.261 e. The summed E-state index contributed by atoms with van der Waals surface area (Å²) in [5.41, 5.74) is 1.96. The molecule has 3 aromatic rings. The van der Waals surface area contributed by atoms with Crippen LogP contribution in [0.2, 0.25) is 0 Å². The topological polar surface area (TPSA) is 50.2 Å². The highest BCUT2D eigenvalue weighted by molar-refractivity contribution is 5.77. The Kier molecular flexibility index (Phi) is 6.30. The molecule has 1 unspecified atom stereocenters. The van der Waals surface area contributed by atoms with Crippen LogP contribution in [0.1, 0.15) is 51.0 Å². The fraction of sp³-hybridized carbons (Fsp3) is 0.440. The van der Waals surface area contributed by atoms with Gasteiger partial charge in [-0.3, -0.25) is 14.3 Å². The van der Waals surface area contributed by atoms with Gasteiger partial charge in [0.05, 0.1) is 23.5 Å². The smallest absolute Gasteiger partial charge is 0.261 e. The summed E-state index contributed by atoms with van der Waals surface area (Å²) in [6.45, 7) is 9.14. The first-order valence-electron chi connectivity index (χ1n) is 11.1. The van der Waals surface area contributed by atoms with E-state index < -0.39 is 0 Å². The Morgan fingerprint density at radius 1 is 1.03 bits per heavy atom. The summed E-state index contributed by atoms with van der Waals surface area (Å²) in [6.07, 6.45) is 2.03. The Morgan fingerprint density at radius 3 is 2.40 bits per heavy atom. The Bertz CT molecular complexity index is 1040. The van der Waals surface area contributed by atoms with Crippen LogP contribution in [-0.4, -0.2) is 39.6 Å². The molecule has 0 saturated carbocycles. The van der Waals surface area contributed by atoms with E-state index in [9.17, 15) is 4.79 Å². The molecule has 4 rings (SSSR count). The van der Waals surface area contributed by atoms with Gasteiger partial charge in [0.25, 0.3) is 5.56 Å². The highest BCUT2D eigenvalue weighted by atomic mass is 16.1. The van der Waals surface area contributed by atoms with Crippen LogP contribution in [0.15, 0.2) is 59.4 Å². The second kappa shape index (κ2) is 9.11. The van der Waals surface area contributed by atoms with Crippen molar-refractivity contribution in [2.24, 2.45) is 0 Å². The minimum atomic E-state index is 0.0526. The van der Waals surface area contributed by atoms with Crippen molar-refractivity contribution in [1.29, 1.82) is 0 Å². The summed E-state index contributed by atoms with van der Waals surface area (Å²) in [5.74, 6) is 0.894. The van der Waals surface area contributed by atoms with Crippen molar-refractivity contribution in [3.8, 4) is 0 Å². The van der Waals surface area contributed by atoms with E-state index in [0.717, 1.165) is 42.8 Å². The minimum absolute atomic E-state index is 0.0526. The number of hydrogen-bond donors (Lipinski definition) is 1. The molecule has 2 heterocycles. The third-order valence-corrected chi connectivity index (χ3v) is 5.96. The van der Waals surface area contributed by atoms with Crippen molar-refractivity contribution >= 4 is 10.9 Å². The average molecular weight is 405 g/mol. The van der Waals surface area contributed by atoms with Crippen molar-refractivity contribution in [1.82, 2.24) is 19.8 Å². The van der Waals surface area contributed by atoms with Gasteiger partial charge >= 0.3 is 0 Å². The zero-order chi connectivity index (χ0) is 21.1. The number of aromatic nitrogens is 2. The summed E-state index contributed by atoms with van der Waals surface area (Å²) in [7, 11) is 0. The first-order valence-corrected chi connectivity index (χ1v) is 11.1. The van der Waals surface area contributed by atoms with Crippen LogP contribution in [0.3, 0.4) is 0 Å². The molecular formula is C25H32N4O. The monoisotopic (exact) mass is 404 g/mol. The normalized spacial score (nSPS) is 21.0. The van der Waals surface area contributed by atoms with Gasteiger partial charge in [0.1, 0.15) is 5.82 Å². The standard InChI is InChI=1S/C25H32N4O/c1-4-10-23(28-15-18(2)26-19(3)16-28)24-27-22-14-9-8-13-21(22)25(30)29(24)17-20-11-6-5-7-12-20/h5-9,11-14,18-19,23,26H,4,10,15-17H2,1-3H3/t18-,19+,23?. The molecule has 0 amide bonds. The van der Waals surface area contributed by atoms with Gasteiger partial charge in [-0.25, -0.2) is 4.98 Å². The van der Waals surface area contributed by atoms with Crippen molar-refractivity contribution < 1.29 is 0 Å². The number of nitrogens with one attached hydrogen (secondary N) is 1. The van der Waals surface area contributed by atoms with E-state index >= 15 is 0 Å². The average Bonchev–Trinajstić information content (AvgIpc) is 2.74. The molecule has 5 heteroatoms. The molecule has 0 spiro atoms. The van der Waals surface area contributed by atoms with E-state index in [-0.39, 0.29) is 11.6 Å².